The van der Waals surface area contributed by atoms with Crippen LogP contribution in [0.3, 0.4) is 0 Å². The van der Waals surface area contributed by atoms with Gasteiger partial charge in [0, 0.05) is 18.5 Å². The van der Waals surface area contributed by atoms with Gasteiger partial charge in [0.15, 0.2) is 0 Å². The zero-order valence-electron chi connectivity index (χ0n) is 10.2. The van der Waals surface area contributed by atoms with E-state index < -0.39 is 0 Å². The molecule has 1 fully saturated rings. The standard InChI is InChI=1S/C13H21N3O/c14-9-11-8-12(17)16-13(15-11)10-6-4-2-1-3-5-7-10/h8,10H,1-7,9,14H2,(H,15,16,17). The van der Waals surface area contributed by atoms with Gasteiger partial charge in [-0.1, -0.05) is 32.1 Å². The lowest BCUT2D eigenvalue weighted by atomic mass is 9.90. The molecule has 0 aliphatic heterocycles. The highest BCUT2D eigenvalue weighted by molar-refractivity contribution is 5.06. The van der Waals surface area contributed by atoms with Crippen molar-refractivity contribution in [3.63, 3.8) is 0 Å². The monoisotopic (exact) mass is 235 g/mol. The molecule has 0 amide bonds. The Morgan fingerprint density at radius 3 is 2.53 bits per heavy atom. The lowest BCUT2D eigenvalue weighted by Gasteiger charge is -2.19. The summed E-state index contributed by atoms with van der Waals surface area (Å²) in [5.41, 5.74) is 6.19. The topological polar surface area (TPSA) is 71.8 Å². The van der Waals surface area contributed by atoms with Crippen molar-refractivity contribution in [3.8, 4) is 0 Å². The second kappa shape index (κ2) is 5.96. The molecule has 1 aromatic rings. The first-order valence-electron chi connectivity index (χ1n) is 6.60. The van der Waals surface area contributed by atoms with Gasteiger partial charge in [0.05, 0.1) is 5.69 Å². The molecule has 0 spiro atoms. The molecule has 1 saturated carbocycles. The van der Waals surface area contributed by atoms with Crippen molar-refractivity contribution in [2.24, 2.45) is 5.73 Å². The van der Waals surface area contributed by atoms with Crippen LogP contribution in [-0.2, 0) is 6.54 Å². The van der Waals surface area contributed by atoms with Gasteiger partial charge in [0.25, 0.3) is 5.56 Å². The number of nitrogens with zero attached hydrogens (tertiary/aromatic N) is 1. The molecule has 0 unspecified atom stereocenters. The Kier molecular flexibility index (Phi) is 4.31. The van der Waals surface area contributed by atoms with Gasteiger partial charge in [-0.25, -0.2) is 4.98 Å². The van der Waals surface area contributed by atoms with Crippen LogP contribution >= 0.6 is 0 Å². The molecular weight excluding hydrogens is 214 g/mol. The number of aromatic nitrogens is 2. The third-order valence-corrected chi connectivity index (χ3v) is 3.51. The van der Waals surface area contributed by atoms with E-state index in [0.717, 1.165) is 18.7 Å². The van der Waals surface area contributed by atoms with E-state index in [-0.39, 0.29) is 5.56 Å². The summed E-state index contributed by atoms with van der Waals surface area (Å²) in [6, 6.07) is 1.49. The fourth-order valence-corrected chi connectivity index (χ4v) is 2.56. The Bertz CT molecular complexity index is 405. The lowest BCUT2D eigenvalue weighted by molar-refractivity contribution is 0.440. The summed E-state index contributed by atoms with van der Waals surface area (Å²) < 4.78 is 0. The molecular formula is C13H21N3O. The molecule has 1 aliphatic rings. The molecule has 0 aromatic carbocycles. The molecule has 1 heterocycles. The maximum atomic E-state index is 11.5. The molecule has 17 heavy (non-hydrogen) atoms. The molecule has 1 aromatic heterocycles. The Morgan fingerprint density at radius 1 is 1.24 bits per heavy atom. The van der Waals surface area contributed by atoms with E-state index >= 15 is 0 Å². The minimum atomic E-state index is -0.0718. The number of nitrogens with one attached hydrogen (secondary N) is 1. The minimum Gasteiger partial charge on any atom is -0.325 e. The Morgan fingerprint density at radius 2 is 1.88 bits per heavy atom. The van der Waals surface area contributed by atoms with Crippen LogP contribution in [0.5, 0.6) is 0 Å². The highest BCUT2D eigenvalue weighted by atomic mass is 16.1. The van der Waals surface area contributed by atoms with Crippen LogP contribution in [0.15, 0.2) is 10.9 Å². The summed E-state index contributed by atoms with van der Waals surface area (Å²) >= 11 is 0. The van der Waals surface area contributed by atoms with Crippen LogP contribution in [0.1, 0.15) is 62.4 Å². The number of aromatic amines is 1. The Balaban J connectivity index is 2.18. The van der Waals surface area contributed by atoms with E-state index in [1.807, 2.05) is 0 Å². The number of rotatable bonds is 2. The smallest absolute Gasteiger partial charge is 0.251 e. The van der Waals surface area contributed by atoms with Gasteiger partial charge in [-0.05, 0) is 12.8 Å². The number of nitrogens with two attached hydrogens (primary N) is 1. The summed E-state index contributed by atoms with van der Waals surface area (Å²) in [6.45, 7) is 0.337. The summed E-state index contributed by atoms with van der Waals surface area (Å²) in [6.07, 6.45) is 8.70. The molecule has 4 heteroatoms. The van der Waals surface area contributed by atoms with Crippen molar-refractivity contribution < 1.29 is 0 Å². The summed E-state index contributed by atoms with van der Waals surface area (Å²) in [5.74, 6) is 1.26. The van der Waals surface area contributed by atoms with Crippen molar-refractivity contribution in [2.45, 2.75) is 57.4 Å². The lowest BCUT2D eigenvalue weighted by Crippen LogP contribution is -2.18. The maximum absolute atomic E-state index is 11.5. The van der Waals surface area contributed by atoms with Crippen LogP contribution < -0.4 is 11.3 Å². The quantitative estimate of drug-likeness (QED) is 0.824. The molecule has 0 radical (unpaired) electrons. The van der Waals surface area contributed by atoms with E-state index in [9.17, 15) is 4.79 Å². The number of hydrogen-bond acceptors (Lipinski definition) is 3. The van der Waals surface area contributed by atoms with E-state index in [0.29, 0.717) is 18.2 Å². The predicted molar refractivity (Wildman–Crippen MR) is 67.8 cm³/mol. The third kappa shape index (κ3) is 3.40. The Labute approximate surface area is 102 Å². The van der Waals surface area contributed by atoms with Crippen molar-refractivity contribution >= 4 is 0 Å². The first kappa shape index (κ1) is 12.3. The van der Waals surface area contributed by atoms with Crippen LogP contribution in [0.2, 0.25) is 0 Å². The molecule has 0 atom stereocenters. The van der Waals surface area contributed by atoms with Crippen LogP contribution in [0.4, 0.5) is 0 Å². The zero-order chi connectivity index (χ0) is 12.1. The van der Waals surface area contributed by atoms with Crippen LogP contribution in [-0.4, -0.2) is 9.97 Å². The van der Waals surface area contributed by atoms with Crippen molar-refractivity contribution in [3.05, 3.63) is 27.9 Å². The summed E-state index contributed by atoms with van der Waals surface area (Å²) in [7, 11) is 0. The van der Waals surface area contributed by atoms with Gasteiger partial charge < -0.3 is 10.7 Å². The van der Waals surface area contributed by atoms with Gasteiger partial charge in [0.2, 0.25) is 0 Å². The second-order valence-corrected chi connectivity index (χ2v) is 4.87. The van der Waals surface area contributed by atoms with Crippen LogP contribution in [0, 0.1) is 0 Å². The van der Waals surface area contributed by atoms with Crippen molar-refractivity contribution in [1.82, 2.24) is 9.97 Å². The molecule has 4 nitrogen and oxygen atoms in total. The average Bonchev–Trinajstić information content (AvgIpc) is 2.27. The fourth-order valence-electron chi connectivity index (χ4n) is 2.56. The van der Waals surface area contributed by atoms with Gasteiger partial charge in [-0.3, -0.25) is 4.79 Å². The highest BCUT2D eigenvalue weighted by Crippen LogP contribution is 2.28. The number of H-pyrrole nitrogens is 1. The average molecular weight is 235 g/mol. The molecule has 3 N–H and O–H groups in total. The second-order valence-electron chi connectivity index (χ2n) is 4.87. The maximum Gasteiger partial charge on any atom is 0.251 e. The van der Waals surface area contributed by atoms with Crippen molar-refractivity contribution in [2.75, 3.05) is 0 Å². The molecule has 0 bridgehead atoms. The normalized spacial score (nSPS) is 18.6. The largest absolute Gasteiger partial charge is 0.325 e. The molecule has 0 saturated heterocycles. The van der Waals surface area contributed by atoms with E-state index in [4.69, 9.17) is 5.73 Å². The van der Waals surface area contributed by atoms with Gasteiger partial charge in [-0.15, -0.1) is 0 Å². The summed E-state index contributed by atoms with van der Waals surface area (Å²) in [4.78, 5) is 18.9. The van der Waals surface area contributed by atoms with E-state index in [1.165, 1.54) is 38.2 Å². The fraction of sp³-hybridized carbons (Fsp3) is 0.692. The van der Waals surface area contributed by atoms with Gasteiger partial charge in [0.1, 0.15) is 5.82 Å². The zero-order valence-corrected chi connectivity index (χ0v) is 10.2. The minimum absolute atomic E-state index is 0.0718. The van der Waals surface area contributed by atoms with Gasteiger partial charge >= 0.3 is 0 Å². The SMILES string of the molecule is NCc1cc(=O)[nH]c(C2CCCCCCC2)n1. The highest BCUT2D eigenvalue weighted by Gasteiger charge is 2.16. The predicted octanol–water partition coefficient (Wildman–Crippen LogP) is 2.06. The van der Waals surface area contributed by atoms with E-state index in [2.05, 4.69) is 9.97 Å². The third-order valence-electron chi connectivity index (χ3n) is 3.51. The first-order valence-corrected chi connectivity index (χ1v) is 6.60. The van der Waals surface area contributed by atoms with Crippen molar-refractivity contribution in [1.29, 1.82) is 0 Å². The number of hydrogen-bond donors (Lipinski definition) is 2. The van der Waals surface area contributed by atoms with Crippen LogP contribution in [0.25, 0.3) is 0 Å². The summed E-state index contributed by atoms with van der Waals surface area (Å²) in [5, 5.41) is 0. The Hall–Kier alpha value is -1.16. The molecule has 94 valence electrons. The van der Waals surface area contributed by atoms with E-state index in [1.54, 1.807) is 0 Å². The van der Waals surface area contributed by atoms with Gasteiger partial charge in [-0.2, -0.15) is 0 Å². The molecule has 2 rings (SSSR count). The first-order chi connectivity index (χ1) is 8.29. The molecule has 1 aliphatic carbocycles.